The summed E-state index contributed by atoms with van der Waals surface area (Å²) in [5.41, 5.74) is 4.35. The van der Waals surface area contributed by atoms with Crippen LogP contribution < -0.4 is 31.6 Å². The molecule has 406 valence electrons. The van der Waals surface area contributed by atoms with Crippen LogP contribution in [0.25, 0.3) is 89.7 Å². The Balaban J connectivity index is 0.000000134. The number of nitrogens with zero attached hydrogens (tertiary/aromatic N) is 12. The van der Waals surface area contributed by atoms with Gasteiger partial charge in [-0.25, -0.2) is 29.5 Å². The third kappa shape index (κ3) is 9.62. The van der Waals surface area contributed by atoms with E-state index in [4.69, 9.17) is 68.3 Å². The van der Waals surface area contributed by atoms with Crippen LogP contribution in [0.3, 0.4) is 0 Å². The van der Waals surface area contributed by atoms with Gasteiger partial charge < -0.3 is 78.8 Å². The molecular weight excluding hydrogens is 1060 g/mol. The second-order valence-corrected chi connectivity index (χ2v) is 20.2. The number of ether oxygens (including phenoxy) is 6. The number of hydrogen-bond donors (Lipinski definition) is 2. The molecule has 0 spiro atoms. The fraction of sp³-hybridized carbons (Fsp3) is 0.286. The van der Waals surface area contributed by atoms with Crippen molar-refractivity contribution < 1.29 is 48.8 Å². The number of hydrogen-bond acceptors (Lipinski definition) is 20. The predicted octanol–water partition coefficient (Wildman–Crippen LogP) is 3.20. The fourth-order valence-corrected chi connectivity index (χ4v) is 10.7. The quantitative estimate of drug-likeness (QED) is 0.239. The molecule has 0 saturated carbocycles. The molecule has 0 amide bonds. The van der Waals surface area contributed by atoms with E-state index in [9.17, 15) is 30.0 Å². The number of rotatable bonds is 4. The van der Waals surface area contributed by atoms with Crippen LogP contribution in [0, 0.1) is 0 Å². The van der Waals surface area contributed by atoms with E-state index < -0.39 is 83.8 Å². The van der Waals surface area contributed by atoms with Crippen LogP contribution in [0.1, 0.15) is 40.2 Å². The summed E-state index contributed by atoms with van der Waals surface area (Å²) in [7, 11) is 0. The first-order chi connectivity index (χ1) is 38.6. The van der Waals surface area contributed by atoms with Gasteiger partial charge in [-0.05, 0) is 73.1 Å². The van der Waals surface area contributed by atoms with Crippen molar-refractivity contribution in [2.24, 2.45) is 0 Å². The van der Waals surface area contributed by atoms with E-state index in [-0.39, 0.29) is 24.2 Å². The van der Waals surface area contributed by atoms with E-state index >= 15 is 0 Å². The van der Waals surface area contributed by atoms with Crippen molar-refractivity contribution in [1.82, 2.24) is 59.0 Å². The molecule has 0 radical (unpaired) electrons. The van der Waals surface area contributed by atoms with Crippen LogP contribution in [-0.4, -0.2) is 132 Å². The fourth-order valence-electron chi connectivity index (χ4n) is 10.7. The molecule has 8 unspecified atom stereocenters. The van der Waals surface area contributed by atoms with Gasteiger partial charge >= 0.3 is 22.3 Å². The van der Waals surface area contributed by atoms with Gasteiger partial charge in [-0.3, -0.25) is 9.13 Å². The van der Waals surface area contributed by atoms with Crippen molar-refractivity contribution in [1.29, 1.82) is 0 Å². The summed E-state index contributed by atoms with van der Waals surface area (Å²) in [6.45, 7) is 6.49. The Morgan fingerprint density at radius 1 is 0.457 bits per heavy atom. The Hall–Kier alpha value is -8.50. The SMILES string of the molecule is CC1(C)OC2C(CO)OC(n3ccc([O-])nc3=O)C2O1.CC1(C)OC2C(CO)OC(n3ccc([O-])nc3=O)C2O1.[Si+4].c1ccc2c(c1)-c1nc-2nc2[n-]c(nc3nc(nc4[n-]c(n1)c1ccccc41)-c1ccccc1-3)c1ccccc21. The zero-order valence-electron chi connectivity index (χ0n) is 43.4. The Labute approximate surface area is 462 Å². The summed E-state index contributed by atoms with van der Waals surface area (Å²) in [5, 5.41) is 44.4. The summed E-state index contributed by atoms with van der Waals surface area (Å²) in [6, 6.07) is 34.2. The van der Waals surface area contributed by atoms with Gasteiger partial charge in [0.25, 0.3) is 0 Å². The summed E-state index contributed by atoms with van der Waals surface area (Å²) in [5.74, 6) is -0.646. The first kappa shape index (κ1) is 53.2. The van der Waals surface area contributed by atoms with E-state index in [1.807, 2.05) is 97.1 Å². The average Bonchev–Trinajstić information content (AvgIpc) is 4.45. The van der Waals surface area contributed by atoms with Gasteiger partial charge in [0.2, 0.25) is 0 Å². The van der Waals surface area contributed by atoms with Crippen molar-refractivity contribution in [3.05, 3.63) is 143 Å². The minimum absolute atomic E-state index is 0. The van der Waals surface area contributed by atoms with Crippen molar-refractivity contribution in [3.63, 3.8) is 0 Å². The smallest absolute Gasteiger partial charge is 0.858 e. The normalized spacial score (nSPS) is 23.3. The molecule has 6 aliphatic heterocycles. The Morgan fingerprint density at radius 2 is 0.753 bits per heavy atom. The molecule has 4 fully saturated rings. The summed E-state index contributed by atoms with van der Waals surface area (Å²) >= 11 is 0. The number of fused-ring (bicyclic) bond motifs is 22. The van der Waals surface area contributed by atoms with Gasteiger partial charge in [-0.15, -0.1) is 0 Å². The second-order valence-electron chi connectivity index (χ2n) is 20.2. The van der Waals surface area contributed by atoms with Crippen molar-refractivity contribution in [2.45, 2.75) is 88.3 Å². The van der Waals surface area contributed by atoms with Crippen LogP contribution >= 0.6 is 0 Å². The van der Waals surface area contributed by atoms with Gasteiger partial charge in [0.05, 0.1) is 36.5 Å². The molecule has 4 aromatic carbocycles. The van der Waals surface area contributed by atoms with Crippen LogP contribution in [0.2, 0.25) is 0 Å². The Morgan fingerprint density at radius 3 is 1.05 bits per heavy atom. The molecule has 5 aromatic heterocycles. The zero-order valence-corrected chi connectivity index (χ0v) is 44.4. The second kappa shape index (κ2) is 20.5. The predicted molar refractivity (Wildman–Crippen MR) is 285 cm³/mol. The third-order valence-corrected chi connectivity index (χ3v) is 14.1. The van der Waals surface area contributed by atoms with Gasteiger partial charge in [-0.1, -0.05) is 97.1 Å². The molecule has 2 N–H and O–H groups in total. The van der Waals surface area contributed by atoms with Gasteiger partial charge in [0, 0.05) is 57.2 Å². The number of aromatic nitrogens is 12. The van der Waals surface area contributed by atoms with Crippen LogP contribution in [0.15, 0.2) is 131 Å². The molecule has 11 heterocycles. The van der Waals surface area contributed by atoms with E-state index in [1.54, 1.807) is 27.7 Å². The average molecular weight is 1110 g/mol. The molecular formula is C56H46N12O12Si. The molecule has 24 nitrogen and oxygen atoms in total. The standard InChI is InChI=1S/C32H16N8.2C12H16N2O6.Si/c1-2-10-18-17(9-1)25-33-26(18)38-28-21-13-5-6-14-22(21)30(35-28)40-32-24-16-8-7-15-23(24)31(36-32)39-29-20-12-4-3-11-19(20)27(34-29)37-25;2*1-12(2)19-8-6(5-15)18-10(9(8)20-12)14-4-3-7(16)13-11(14)17;/h1-16H;2*3-4,6,8-10,15H,5H2,1-2H3,(H,13,16,17);/q-2;;;+4/p-2. The monoisotopic (exact) mass is 1110 g/mol. The van der Waals surface area contributed by atoms with E-state index in [0.717, 1.165) is 43.8 Å². The number of aliphatic hydroxyl groups excluding tert-OH is 2. The third-order valence-electron chi connectivity index (χ3n) is 14.1. The number of aliphatic hydroxyl groups is 2. The molecule has 4 saturated heterocycles. The molecule has 8 atom stereocenters. The molecule has 81 heavy (non-hydrogen) atoms. The maximum Gasteiger partial charge on any atom is 4.00 e. The molecule has 25 heteroatoms. The van der Waals surface area contributed by atoms with E-state index in [1.165, 1.54) is 33.7 Å². The number of benzene rings is 4. The molecule has 9 aromatic rings. The largest absolute Gasteiger partial charge is 4.00 e. The van der Waals surface area contributed by atoms with E-state index in [2.05, 4.69) is 9.97 Å². The first-order valence-electron chi connectivity index (χ1n) is 25.5. The minimum Gasteiger partial charge on any atom is -0.858 e. The summed E-state index contributed by atoms with van der Waals surface area (Å²) < 4.78 is 36.4. The zero-order chi connectivity index (χ0) is 55.2. The molecule has 8 bridgehead atoms. The van der Waals surface area contributed by atoms with Crippen LogP contribution in [-0.2, 0) is 28.4 Å². The Bertz CT molecular complexity index is 3810. The minimum atomic E-state index is -0.819. The molecule has 0 aliphatic carbocycles. The summed E-state index contributed by atoms with van der Waals surface area (Å²) in [4.78, 5) is 69.5. The maximum atomic E-state index is 11.8. The van der Waals surface area contributed by atoms with Crippen molar-refractivity contribution in [2.75, 3.05) is 13.2 Å². The van der Waals surface area contributed by atoms with E-state index in [0.29, 0.717) is 45.9 Å². The Kier molecular flexibility index (Phi) is 13.5. The topological polar surface area (TPSA) is 317 Å². The van der Waals surface area contributed by atoms with Gasteiger partial charge in [0.15, 0.2) is 24.0 Å². The maximum absolute atomic E-state index is 11.8. The van der Waals surface area contributed by atoms with Crippen molar-refractivity contribution >= 4 is 55.1 Å². The van der Waals surface area contributed by atoms with Crippen molar-refractivity contribution in [3.8, 4) is 57.3 Å². The van der Waals surface area contributed by atoms with Gasteiger partial charge in [0.1, 0.15) is 36.6 Å². The summed E-state index contributed by atoms with van der Waals surface area (Å²) in [6.07, 6.45) is -2.15. The first-order valence-corrected chi connectivity index (χ1v) is 25.5. The molecule has 15 rings (SSSR count). The van der Waals surface area contributed by atoms with Crippen LogP contribution in [0.4, 0.5) is 0 Å². The molecule has 6 aliphatic rings. The van der Waals surface area contributed by atoms with Gasteiger partial charge in [-0.2, -0.15) is 0 Å². The van der Waals surface area contributed by atoms with Crippen LogP contribution in [0.5, 0.6) is 11.8 Å².